The molecule has 0 aromatic rings. The molecule has 2 aliphatic rings. The van der Waals surface area contributed by atoms with Gasteiger partial charge < -0.3 is 15.2 Å². The molecule has 0 radical (unpaired) electrons. The molecule has 3 heteroatoms. The molecule has 106 valence electrons. The highest BCUT2D eigenvalue weighted by Crippen LogP contribution is 2.38. The average molecular weight is 255 g/mol. The van der Waals surface area contributed by atoms with Crippen molar-refractivity contribution in [2.75, 3.05) is 19.8 Å². The Morgan fingerprint density at radius 1 is 1.22 bits per heavy atom. The van der Waals surface area contributed by atoms with Crippen molar-refractivity contribution in [1.82, 2.24) is 0 Å². The van der Waals surface area contributed by atoms with E-state index in [1.54, 1.807) is 0 Å². The molecule has 18 heavy (non-hydrogen) atoms. The summed E-state index contributed by atoms with van der Waals surface area (Å²) in [4.78, 5) is 0. The lowest BCUT2D eigenvalue weighted by atomic mass is 9.77. The maximum Gasteiger partial charge on any atom is 0.0729 e. The Morgan fingerprint density at radius 3 is 2.72 bits per heavy atom. The summed E-state index contributed by atoms with van der Waals surface area (Å²) in [6.07, 6.45) is 9.49. The highest BCUT2D eigenvalue weighted by Gasteiger charge is 2.40. The first-order valence-electron chi connectivity index (χ1n) is 7.73. The van der Waals surface area contributed by atoms with E-state index in [-0.39, 0.29) is 5.60 Å². The number of hydrogen-bond acceptors (Lipinski definition) is 3. The third kappa shape index (κ3) is 3.69. The van der Waals surface area contributed by atoms with Crippen molar-refractivity contribution < 1.29 is 9.47 Å². The van der Waals surface area contributed by atoms with Crippen LogP contribution in [0.5, 0.6) is 0 Å². The zero-order chi connectivity index (χ0) is 12.8. The molecule has 2 atom stereocenters. The molecule has 2 heterocycles. The lowest BCUT2D eigenvalue weighted by Crippen LogP contribution is -2.48. The van der Waals surface area contributed by atoms with Crippen molar-refractivity contribution in [1.29, 1.82) is 0 Å². The molecule has 0 aromatic heterocycles. The van der Waals surface area contributed by atoms with Crippen molar-refractivity contribution in [3.8, 4) is 0 Å². The lowest BCUT2D eigenvalue weighted by Gasteiger charge is -2.44. The fourth-order valence-electron chi connectivity index (χ4n) is 3.39. The van der Waals surface area contributed by atoms with Crippen LogP contribution in [0, 0.1) is 5.92 Å². The Bertz CT molecular complexity index is 233. The van der Waals surface area contributed by atoms with Gasteiger partial charge in [-0.15, -0.1) is 0 Å². The number of rotatable bonds is 5. The zero-order valence-electron chi connectivity index (χ0n) is 11.8. The van der Waals surface area contributed by atoms with Gasteiger partial charge in [-0.05, 0) is 38.0 Å². The Morgan fingerprint density at radius 2 is 2.00 bits per heavy atom. The van der Waals surface area contributed by atoms with Crippen LogP contribution in [0.2, 0.25) is 0 Å². The Labute approximate surface area is 111 Å². The van der Waals surface area contributed by atoms with Gasteiger partial charge in [0.1, 0.15) is 0 Å². The van der Waals surface area contributed by atoms with Gasteiger partial charge in [0.25, 0.3) is 0 Å². The molecular weight excluding hydrogens is 226 g/mol. The second kappa shape index (κ2) is 6.88. The Balaban J connectivity index is 1.81. The number of unbranched alkanes of at least 4 members (excludes halogenated alkanes) is 2. The van der Waals surface area contributed by atoms with Gasteiger partial charge in [-0.2, -0.15) is 0 Å². The summed E-state index contributed by atoms with van der Waals surface area (Å²) in [6.45, 7) is 4.86. The summed E-state index contributed by atoms with van der Waals surface area (Å²) in [5.41, 5.74) is 6.49. The quantitative estimate of drug-likeness (QED) is 0.768. The third-order valence-corrected chi connectivity index (χ3v) is 4.68. The second-order valence-corrected chi connectivity index (χ2v) is 6.06. The smallest absolute Gasteiger partial charge is 0.0729 e. The monoisotopic (exact) mass is 255 g/mol. The predicted molar refractivity (Wildman–Crippen MR) is 73.6 cm³/mol. The van der Waals surface area contributed by atoms with E-state index < -0.39 is 0 Å². The van der Waals surface area contributed by atoms with E-state index in [9.17, 15) is 0 Å². The fourth-order valence-corrected chi connectivity index (χ4v) is 3.39. The van der Waals surface area contributed by atoms with Crippen LogP contribution in [0.3, 0.4) is 0 Å². The Hall–Kier alpha value is -0.120. The van der Waals surface area contributed by atoms with Crippen molar-refractivity contribution in [3.05, 3.63) is 0 Å². The summed E-state index contributed by atoms with van der Waals surface area (Å²) < 4.78 is 11.5. The summed E-state index contributed by atoms with van der Waals surface area (Å²) in [5, 5.41) is 0. The molecular formula is C15H29NO2. The Kier molecular flexibility index (Phi) is 5.46. The molecule has 2 unspecified atom stereocenters. The molecule has 2 aliphatic heterocycles. The van der Waals surface area contributed by atoms with Gasteiger partial charge in [0.05, 0.1) is 5.60 Å². The largest absolute Gasteiger partial charge is 0.381 e. The van der Waals surface area contributed by atoms with Crippen LogP contribution in [0.4, 0.5) is 0 Å². The van der Waals surface area contributed by atoms with Crippen molar-refractivity contribution >= 4 is 0 Å². The van der Waals surface area contributed by atoms with Gasteiger partial charge in [-0.1, -0.05) is 26.2 Å². The van der Waals surface area contributed by atoms with Gasteiger partial charge in [-0.25, -0.2) is 0 Å². The fraction of sp³-hybridized carbons (Fsp3) is 1.00. The van der Waals surface area contributed by atoms with Crippen molar-refractivity contribution in [3.63, 3.8) is 0 Å². The van der Waals surface area contributed by atoms with Crippen LogP contribution >= 0.6 is 0 Å². The van der Waals surface area contributed by atoms with E-state index in [1.807, 2.05) is 0 Å². The molecule has 2 N–H and O–H groups in total. The SMILES string of the molecule is CCCCCC(N)C1CCOC2(CCOCC2)C1. The lowest BCUT2D eigenvalue weighted by molar-refractivity contribution is -0.149. The normalized spacial score (nSPS) is 29.3. The van der Waals surface area contributed by atoms with E-state index in [2.05, 4.69) is 6.92 Å². The van der Waals surface area contributed by atoms with Crippen molar-refractivity contribution in [2.45, 2.75) is 69.9 Å². The van der Waals surface area contributed by atoms with Gasteiger partial charge in [0.2, 0.25) is 0 Å². The third-order valence-electron chi connectivity index (χ3n) is 4.68. The summed E-state index contributed by atoms with van der Waals surface area (Å²) >= 11 is 0. The molecule has 1 spiro atoms. The van der Waals surface area contributed by atoms with Crippen LogP contribution < -0.4 is 5.73 Å². The molecule has 0 bridgehead atoms. The van der Waals surface area contributed by atoms with E-state index >= 15 is 0 Å². The molecule has 3 nitrogen and oxygen atoms in total. The first-order valence-corrected chi connectivity index (χ1v) is 7.73. The average Bonchev–Trinajstić information content (AvgIpc) is 2.40. The van der Waals surface area contributed by atoms with Gasteiger partial charge in [0, 0.05) is 25.9 Å². The standard InChI is InChI=1S/C15H29NO2/c1-2-3-4-5-14(16)13-6-9-18-15(12-13)7-10-17-11-8-15/h13-14H,2-12,16H2,1H3. The molecule has 0 aliphatic carbocycles. The number of ether oxygens (including phenoxy) is 2. The summed E-state index contributed by atoms with van der Waals surface area (Å²) in [6, 6.07) is 0.375. The molecule has 0 aromatic carbocycles. The van der Waals surface area contributed by atoms with E-state index in [4.69, 9.17) is 15.2 Å². The van der Waals surface area contributed by atoms with E-state index in [0.29, 0.717) is 12.0 Å². The van der Waals surface area contributed by atoms with Crippen LogP contribution in [0.1, 0.15) is 58.3 Å². The first kappa shape index (κ1) is 14.3. The van der Waals surface area contributed by atoms with Crippen LogP contribution in [-0.4, -0.2) is 31.5 Å². The van der Waals surface area contributed by atoms with Gasteiger partial charge >= 0.3 is 0 Å². The molecule has 0 saturated carbocycles. The van der Waals surface area contributed by atoms with Gasteiger partial charge in [0.15, 0.2) is 0 Å². The highest BCUT2D eigenvalue weighted by atomic mass is 16.5. The summed E-state index contributed by atoms with van der Waals surface area (Å²) in [7, 11) is 0. The zero-order valence-corrected chi connectivity index (χ0v) is 11.8. The van der Waals surface area contributed by atoms with Crippen LogP contribution in [0.25, 0.3) is 0 Å². The molecule has 2 fully saturated rings. The first-order chi connectivity index (χ1) is 8.76. The maximum absolute atomic E-state index is 6.39. The van der Waals surface area contributed by atoms with Crippen LogP contribution in [0.15, 0.2) is 0 Å². The number of nitrogens with two attached hydrogens (primary N) is 1. The van der Waals surface area contributed by atoms with E-state index in [0.717, 1.165) is 45.5 Å². The molecule has 2 saturated heterocycles. The second-order valence-electron chi connectivity index (χ2n) is 6.06. The minimum atomic E-state index is 0.101. The minimum absolute atomic E-state index is 0.101. The molecule has 2 rings (SSSR count). The molecule has 0 amide bonds. The minimum Gasteiger partial charge on any atom is -0.381 e. The van der Waals surface area contributed by atoms with Gasteiger partial charge in [-0.3, -0.25) is 0 Å². The van der Waals surface area contributed by atoms with Crippen LogP contribution in [-0.2, 0) is 9.47 Å². The van der Waals surface area contributed by atoms with E-state index in [1.165, 1.54) is 25.7 Å². The summed E-state index contributed by atoms with van der Waals surface area (Å²) in [5.74, 6) is 0.661. The number of hydrogen-bond donors (Lipinski definition) is 1. The topological polar surface area (TPSA) is 44.5 Å². The highest BCUT2D eigenvalue weighted by molar-refractivity contribution is 4.91. The predicted octanol–water partition coefficient (Wildman–Crippen LogP) is 2.87. The van der Waals surface area contributed by atoms with Crippen molar-refractivity contribution in [2.24, 2.45) is 11.7 Å². The maximum atomic E-state index is 6.39.